The molecule has 0 radical (unpaired) electrons. The second kappa shape index (κ2) is 7.79. The molecule has 6 nitrogen and oxygen atoms in total. The normalized spacial score (nSPS) is 26.8. The van der Waals surface area contributed by atoms with Crippen LogP contribution in [0.3, 0.4) is 0 Å². The Morgan fingerprint density at radius 1 is 1.29 bits per heavy atom. The second-order valence-corrected chi connectivity index (χ2v) is 8.22. The number of halogens is 1. The molecule has 0 aromatic heterocycles. The van der Waals surface area contributed by atoms with Gasteiger partial charge in [-0.1, -0.05) is 0 Å². The van der Waals surface area contributed by atoms with Gasteiger partial charge >= 0.3 is 0 Å². The van der Waals surface area contributed by atoms with Gasteiger partial charge in [0.1, 0.15) is 5.82 Å². The molecule has 3 aliphatic rings. The minimum Gasteiger partial charge on any atom is -0.381 e. The lowest BCUT2D eigenvalue weighted by Crippen LogP contribution is -2.49. The van der Waals surface area contributed by atoms with Gasteiger partial charge in [0.2, 0.25) is 0 Å². The number of anilines is 1. The second-order valence-electron chi connectivity index (χ2n) is 8.22. The summed E-state index contributed by atoms with van der Waals surface area (Å²) >= 11 is 0. The molecule has 0 bridgehead atoms. The average molecular weight is 389 g/mol. The standard InChI is InChI=1S/C21H28FN3O3/c1-23-20(27)15-3-4-18(17(22)11-15)24-8-2-7-21(13-24)14-25(12-19(21)26)16-5-9-28-10-6-16/h3-4,11,16H,2,5-10,12-14H2,1H3,(H,23,27)/t21-/m1/s1. The zero-order valence-corrected chi connectivity index (χ0v) is 16.4. The number of hydrogen-bond acceptors (Lipinski definition) is 5. The molecule has 3 saturated heterocycles. The summed E-state index contributed by atoms with van der Waals surface area (Å²) in [5.41, 5.74) is 0.366. The van der Waals surface area contributed by atoms with E-state index in [1.54, 1.807) is 12.1 Å². The average Bonchev–Trinajstić information content (AvgIpc) is 3.03. The van der Waals surface area contributed by atoms with Crippen molar-refractivity contribution in [3.8, 4) is 0 Å². The van der Waals surface area contributed by atoms with Crippen LogP contribution in [0.25, 0.3) is 0 Å². The smallest absolute Gasteiger partial charge is 0.251 e. The summed E-state index contributed by atoms with van der Waals surface area (Å²) in [6.45, 7) is 4.04. The van der Waals surface area contributed by atoms with Crippen LogP contribution in [0.5, 0.6) is 0 Å². The monoisotopic (exact) mass is 389 g/mol. The summed E-state index contributed by atoms with van der Waals surface area (Å²) in [5, 5.41) is 2.51. The lowest BCUT2D eigenvalue weighted by molar-refractivity contribution is -0.124. The number of piperidine rings is 1. The molecule has 0 saturated carbocycles. The third-order valence-corrected chi connectivity index (χ3v) is 6.51. The Kier molecular flexibility index (Phi) is 5.38. The summed E-state index contributed by atoms with van der Waals surface area (Å²) in [7, 11) is 1.53. The number of likely N-dealkylation sites (tertiary alicyclic amines) is 1. The van der Waals surface area contributed by atoms with Crippen molar-refractivity contribution in [2.24, 2.45) is 5.41 Å². The van der Waals surface area contributed by atoms with Crippen LogP contribution in [-0.4, -0.2) is 69.1 Å². The number of ketones is 1. The van der Waals surface area contributed by atoms with Crippen molar-refractivity contribution in [2.75, 3.05) is 51.3 Å². The summed E-state index contributed by atoms with van der Waals surface area (Å²) in [4.78, 5) is 29.0. The van der Waals surface area contributed by atoms with Crippen LogP contribution in [0.1, 0.15) is 36.0 Å². The van der Waals surface area contributed by atoms with E-state index in [9.17, 15) is 14.0 Å². The number of benzene rings is 1. The van der Waals surface area contributed by atoms with Gasteiger partial charge in [0.15, 0.2) is 5.78 Å². The first-order valence-corrected chi connectivity index (χ1v) is 10.1. The molecule has 0 aliphatic carbocycles. The zero-order valence-electron chi connectivity index (χ0n) is 16.4. The molecule has 3 aliphatic heterocycles. The molecule has 1 amide bonds. The molecular weight excluding hydrogens is 361 g/mol. The predicted octanol–water partition coefficient (Wildman–Crippen LogP) is 1.84. The van der Waals surface area contributed by atoms with Crippen LogP contribution < -0.4 is 10.2 Å². The molecule has 3 fully saturated rings. The van der Waals surface area contributed by atoms with Crippen LogP contribution in [0.2, 0.25) is 0 Å². The van der Waals surface area contributed by atoms with E-state index in [0.717, 1.165) is 52.0 Å². The Bertz CT molecular complexity index is 765. The lowest BCUT2D eigenvalue weighted by atomic mass is 9.78. The van der Waals surface area contributed by atoms with Gasteiger partial charge in [-0.25, -0.2) is 4.39 Å². The first kappa shape index (κ1) is 19.3. The van der Waals surface area contributed by atoms with Crippen molar-refractivity contribution in [1.82, 2.24) is 10.2 Å². The fourth-order valence-corrected chi connectivity index (χ4v) is 4.94. The molecule has 0 unspecified atom stereocenters. The molecule has 28 heavy (non-hydrogen) atoms. The summed E-state index contributed by atoms with van der Waals surface area (Å²) in [6.07, 6.45) is 3.68. The molecular formula is C21H28FN3O3. The van der Waals surface area contributed by atoms with Crippen LogP contribution in [0.4, 0.5) is 10.1 Å². The number of rotatable bonds is 3. The third-order valence-electron chi connectivity index (χ3n) is 6.51. The number of nitrogens with zero attached hydrogens (tertiary/aromatic N) is 2. The summed E-state index contributed by atoms with van der Waals surface area (Å²) in [5.74, 6) is -0.436. The van der Waals surface area contributed by atoms with Gasteiger partial charge in [-0.05, 0) is 43.9 Å². The molecule has 1 atom stereocenters. The Morgan fingerprint density at radius 2 is 2.07 bits per heavy atom. The highest BCUT2D eigenvalue weighted by Gasteiger charge is 2.49. The maximum atomic E-state index is 14.7. The lowest BCUT2D eigenvalue weighted by Gasteiger charge is -2.41. The van der Waals surface area contributed by atoms with Gasteiger partial charge in [0, 0.05) is 51.5 Å². The highest BCUT2D eigenvalue weighted by molar-refractivity contribution is 5.94. The van der Waals surface area contributed by atoms with Crippen LogP contribution in [0.15, 0.2) is 18.2 Å². The topological polar surface area (TPSA) is 61.9 Å². The Balaban J connectivity index is 1.51. The molecule has 7 heteroatoms. The number of nitrogens with one attached hydrogen (secondary N) is 1. The number of carbonyl (C=O) groups is 2. The number of ether oxygens (including phenoxy) is 1. The van der Waals surface area contributed by atoms with E-state index >= 15 is 0 Å². The predicted molar refractivity (Wildman–Crippen MR) is 104 cm³/mol. The maximum absolute atomic E-state index is 14.7. The van der Waals surface area contributed by atoms with E-state index in [4.69, 9.17) is 4.74 Å². The van der Waals surface area contributed by atoms with E-state index in [1.165, 1.54) is 13.1 Å². The van der Waals surface area contributed by atoms with E-state index in [-0.39, 0.29) is 11.7 Å². The quantitative estimate of drug-likeness (QED) is 0.855. The molecule has 1 N–H and O–H groups in total. The van der Waals surface area contributed by atoms with Crippen LogP contribution >= 0.6 is 0 Å². The fourth-order valence-electron chi connectivity index (χ4n) is 4.94. The Hall–Kier alpha value is -1.99. The minimum atomic E-state index is -0.414. The van der Waals surface area contributed by atoms with E-state index in [2.05, 4.69) is 10.2 Å². The van der Waals surface area contributed by atoms with E-state index < -0.39 is 11.2 Å². The highest BCUT2D eigenvalue weighted by atomic mass is 19.1. The van der Waals surface area contributed by atoms with Crippen molar-refractivity contribution in [3.05, 3.63) is 29.6 Å². The van der Waals surface area contributed by atoms with Gasteiger partial charge in [-0.2, -0.15) is 0 Å². The van der Waals surface area contributed by atoms with Crippen molar-refractivity contribution in [2.45, 2.75) is 31.7 Å². The van der Waals surface area contributed by atoms with E-state index in [1.807, 2.05) is 4.90 Å². The number of hydrogen-bond donors (Lipinski definition) is 1. The highest BCUT2D eigenvalue weighted by Crippen LogP contribution is 2.40. The minimum absolute atomic E-state index is 0.283. The van der Waals surface area contributed by atoms with Crippen LogP contribution in [-0.2, 0) is 9.53 Å². The van der Waals surface area contributed by atoms with Gasteiger partial charge in [0.25, 0.3) is 5.91 Å². The third kappa shape index (κ3) is 3.53. The number of carbonyl (C=O) groups excluding carboxylic acids is 2. The molecule has 3 heterocycles. The van der Waals surface area contributed by atoms with Crippen molar-refractivity contribution < 1.29 is 18.7 Å². The summed E-state index contributed by atoms with van der Waals surface area (Å²) < 4.78 is 20.2. The first-order valence-electron chi connectivity index (χ1n) is 10.1. The van der Waals surface area contributed by atoms with Crippen LogP contribution in [0, 0.1) is 11.2 Å². The summed E-state index contributed by atoms with van der Waals surface area (Å²) in [6, 6.07) is 4.99. The number of Topliss-reactive ketones (excluding diaryl/α,β-unsaturated/α-hetero) is 1. The van der Waals surface area contributed by atoms with Gasteiger partial charge < -0.3 is 15.0 Å². The van der Waals surface area contributed by atoms with Crippen molar-refractivity contribution in [3.63, 3.8) is 0 Å². The SMILES string of the molecule is CNC(=O)c1ccc(N2CCC[C@@]3(C2)CN(C2CCOCC2)CC3=O)c(F)c1. The Labute approximate surface area is 165 Å². The number of amides is 1. The molecule has 152 valence electrons. The fraction of sp³-hybridized carbons (Fsp3) is 0.619. The molecule has 1 aromatic rings. The van der Waals surface area contributed by atoms with Gasteiger partial charge in [0.05, 0.1) is 17.6 Å². The van der Waals surface area contributed by atoms with Gasteiger partial charge in [-0.3, -0.25) is 14.5 Å². The largest absolute Gasteiger partial charge is 0.381 e. The first-order chi connectivity index (χ1) is 13.5. The van der Waals surface area contributed by atoms with E-state index in [0.29, 0.717) is 30.4 Å². The molecule has 1 aromatic carbocycles. The Morgan fingerprint density at radius 3 is 2.79 bits per heavy atom. The van der Waals surface area contributed by atoms with Crippen molar-refractivity contribution >= 4 is 17.4 Å². The zero-order chi connectivity index (χ0) is 19.7. The molecule has 1 spiro atoms. The van der Waals surface area contributed by atoms with Gasteiger partial charge in [-0.15, -0.1) is 0 Å². The van der Waals surface area contributed by atoms with Crippen molar-refractivity contribution in [1.29, 1.82) is 0 Å². The maximum Gasteiger partial charge on any atom is 0.251 e. The molecule has 4 rings (SSSR count).